The Morgan fingerprint density at radius 3 is 2.67 bits per heavy atom. The van der Waals surface area contributed by atoms with E-state index in [1.54, 1.807) is 0 Å². The molecule has 0 aliphatic rings. The second-order valence-electron chi connectivity index (χ2n) is 3.29. The van der Waals surface area contributed by atoms with Gasteiger partial charge in [0, 0.05) is 7.05 Å². The van der Waals surface area contributed by atoms with Gasteiger partial charge in [0.15, 0.2) is 0 Å². The molecule has 0 aliphatic carbocycles. The second kappa shape index (κ2) is 4.49. The molecule has 0 aliphatic heterocycles. The van der Waals surface area contributed by atoms with Crippen molar-refractivity contribution < 1.29 is 9.90 Å². The smallest absolute Gasteiger partial charge is 0.352 e. The van der Waals surface area contributed by atoms with Crippen molar-refractivity contribution in [2.24, 2.45) is 7.05 Å². The quantitative estimate of drug-likeness (QED) is 0.858. The van der Waals surface area contributed by atoms with Gasteiger partial charge in [0.05, 0.1) is 0 Å². The number of carboxylic acids is 1. The summed E-state index contributed by atoms with van der Waals surface area (Å²) in [6.45, 7) is 1.94. The van der Waals surface area contributed by atoms with Gasteiger partial charge in [-0.2, -0.15) is 0 Å². The minimum Gasteiger partial charge on any atom is -0.477 e. The number of nitrogens with zero attached hydrogens (tertiary/aromatic N) is 1. The Bertz CT molecular complexity index is 451. The molecule has 4 nitrogen and oxygen atoms in total. The normalized spacial score (nSPS) is 10.3. The average Bonchev–Trinajstić information content (AvgIpc) is 2.14. The zero-order chi connectivity index (χ0) is 11.6. The van der Waals surface area contributed by atoms with E-state index in [0.29, 0.717) is 12.0 Å². The Kier molecular flexibility index (Phi) is 3.52. The van der Waals surface area contributed by atoms with Crippen molar-refractivity contribution in [3.8, 4) is 0 Å². The molecule has 0 saturated carbocycles. The van der Waals surface area contributed by atoms with Crippen LogP contribution < -0.4 is 5.56 Å². The summed E-state index contributed by atoms with van der Waals surface area (Å²) in [6, 6.07) is 1.44. The molecule has 0 fully saturated rings. The van der Waals surface area contributed by atoms with Gasteiger partial charge in [-0.15, -0.1) is 0 Å². The fourth-order valence-electron chi connectivity index (χ4n) is 1.50. The van der Waals surface area contributed by atoms with Crippen molar-refractivity contribution in [2.45, 2.75) is 19.8 Å². The molecule has 82 valence electrons. The van der Waals surface area contributed by atoms with Crippen LogP contribution in [-0.2, 0) is 13.5 Å². The summed E-state index contributed by atoms with van der Waals surface area (Å²) in [5.74, 6) is -1.10. The molecule has 1 aromatic heterocycles. The molecule has 0 bridgehead atoms. The van der Waals surface area contributed by atoms with Crippen LogP contribution in [0.2, 0.25) is 5.02 Å². The molecule has 0 aromatic carbocycles. The van der Waals surface area contributed by atoms with Crippen LogP contribution in [0.25, 0.3) is 0 Å². The van der Waals surface area contributed by atoms with Gasteiger partial charge >= 0.3 is 5.97 Å². The first-order valence-electron chi connectivity index (χ1n) is 4.60. The first-order chi connectivity index (χ1) is 6.99. The highest BCUT2D eigenvalue weighted by atomic mass is 35.5. The Morgan fingerprint density at radius 2 is 2.20 bits per heavy atom. The predicted molar refractivity (Wildman–Crippen MR) is 57.6 cm³/mol. The van der Waals surface area contributed by atoms with Gasteiger partial charge in [-0.3, -0.25) is 4.79 Å². The molecule has 0 radical (unpaired) electrons. The third kappa shape index (κ3) is 2.21. The minimum absolute atomic E-state index is 0.0197. The predicted octanol–water partition coefficient (Wildman–Crippen LogP) is 1.69. The fourth-order valence-corrected chi connectivity index (χ4v) is 1.76. The number of rotatable bonds is 3. The van der Waals surface area contributed by atoms with Crippen molar-refractivity contribution in [3.05, 3.63) is 32.7 Å². The molecule has 0 spiro atoms. The van der Waals surface area contributed by atoms with Crippen molar-refractivity contribution in [1.82, 2.24) is 4.57 Å². The van der Waals surface area contributed by atoms with E-state index in [4.69, 9.17) is 16.7 Å². The Balaban J connectivity index is 3.50. The van der Waals surface area contributed by atoms with Crippen LogP contribution >= 0.6 is 11.6 Å². The van der Waals surface area contributed by atoms with Crippen molar-refractivity contribution in [2.75, 3.05) is 0 Å². The van der Waals surface area contributed by atoms with E-state index in [0.717, 1.165) is 11.0 Å². The van der Waals surface area contributed by atoms with Crippen LogP contribution in [0.4, 0.5) is 0 Å². The molecule has 0 atom stereocenters. The van der Waals surface area contributed by atoms with E-state index in [-0.39, 0.29) is 10.7 Å². The van der Waals surface area contributed by atoms with E-state index >= 15 is 0 Å². The third-order valence-corrected chi connectivity index (χ3v) is 2.44. The topological polar surface area (TPSA) is 59.3 Å². The maximum atomic E-state index is 11.4. The van der Waals surface area contributed by atoms with Crippen LogP contribution in [0.3, 0.4) is 0 Å². The van der Waals surface area contributed by atoms with Gasteiger partial charge in [0.25, 0.3) is 5.56 Å². The van der Waals surface area contributed by atoms with E-state index in [1.165, 1.54) is 13.1 Å². The van der Waals surface area contributed by atoms with Crippen LogP contribution in [0.15, 0.2) is 10.9 Å². The molecule has 0 amide bonds. The molecule has 1 rings (SSSR count). The van der Waals surface area contributed by atoms with E-state index < -0.39 is 11.5 Å². The Morgan fingerprint density at radius 1 is 1.60 bits per heavy atom. The Hall–Kier alpha value is -1.29. The summed E-state index contributed by atoms with van der Waals surface area (Å²) in [6.07, 6.45) is 1.39. The Labute approximate surface area is 92.1 Å². The van der Waals surface area contributed by atoms with Gasteiger partial charge in [0.2, 0.25) is 0 Å². The number of carboxylic acid groups (broad SMARTS) is 1. The van der Waals surface area contributed by atoms with Crippen molar-refractivity contribution in [1.29, 1.82) is 0 Å². The number of aromatic nitrogens is 1. The largest absolute Gasteiger partial charge is 0.477 e. The first-order valence-corrected chi connectivity index (χ1v) is 4.98. The SMILES string of the molecule is CCCc1cc(Cl)c(=O)n(C)c1C(=O)O. The second-order valence-corrected chi connectivity index (χ2v) is 3.69. The van der Waals surface area contributed by atoms with E-state index in [1.807, 2.05) is 6.92 Å². The summed E-state index contributed by atoms with van der Waals surface area (Å²) in [5.41, 5.74) is 0.136. The zero-order valence-electron chi connectivity index (χ0n) is 8.58. The summed E-state index contributed by atoms with van der Waals surface area (Å²) in [7, 11) is 1.41. The lowest BCUT2D eigenvalue weighted by Gasteiger charge is -2.10. The van der Waals surface area contributed by atoms with Crippen molar-refractivity contribution >= 4 is 17.6 Å². The molecule has 15 heavy (non-hydrogen) atoms. The molecular formula is C10H12ClNO3. The maximum absolute atomic E-state index is 11.4. The molecule has 0 unspecified atom stereocenters. The highest BCUT2D eigenvalue weighted by molar-refractivity contribution is 6.30. The van der Waals surface area contributed by atoms with Gasteiger partial charge in [-0.05, 0) is 18.1 Å². The number of hydrogen-bond acceptors (Lipinski definition) is 2. The van der Waals surface area contributed by atoms with Crippen LogP contribution in [0, 0.1) is 0 Å². The number of halogens is 1. The monoisotopic (exact) mass is 229 g/mol. The van der Waals surface area contributed by atoms with Crippen LogP contribution in [0.1, 0.15) is 29.4 Å². The van der Waals surface area contributed by atoms with Crippen molar-refractivity contribution in [3.63, 3.8) is 0 Å². The maximum Gasteiger partial charge on any atom is 0.352 e. The lowest BCUT2D eigenvalue weighted by Crippen LogP contribution is -2.25. The molecule has 5 heteroatoms. The highest BCUT2D eigenvalue weighted by Crippen LogP contribution is 2.13. The lowest BCUT2D eigenvalue weighted by atomic mass is 10.1. The number of aryl methyl sites for hydroxylation is 1. The average molecular weight is 230 g/mol. The number of aromatic carboxylic acids is 1. The van der Waals surface area contributed by atoms with Gasteiger partial charge in [-0.25, -0.2) is 4.79 Å². The fraction of sp³-hybridized carbons (Fsp3) is 0.400. The minimum atomic E-state index is -1.10. The van der Waals surface area contributed by atoms with Gasteiger partial charge < -0.3 is 9.67 Å². The summed E-state index contributed by atoms with van der Waals surface area (Å²) in [5, 5.41) is 9.05. The lowest BCUT2D eigenvalue weighted by molar-refractivity contribution is 0.0683. The van der Waals surface area contributed by atoms with E-state index in [2.05, 4.69) is 0 Å². The molecular weight excluding hydrogens is 218 g/mol. The highest BCUT2D eigenvalue weighted by Gasteiger charge is 2.16. The molecule has 1 aromatic rings. The number of pyridine rings is 1. The summed E-state index contributed by atoms with van der Waals surface area (Å²) in [4.78, 5) is 22.4. The molecule has 1 heterocycles. The van der Waals surface area contributed by atoms with Gasteiger partial charge in [0.1, 0.15) is 10.7 Å². The third-order valence-electron chi connectivity index (χ3n) is 2.17. The van der Waals surface area contributed by atoms with Gasteiger partial charge in [-0.1, -0.05) is 24.9 Å². The van der Waals surface area contributed by atoms with E-state index in [9.17, 15) is 9.59 Å². The molecule has 0 saturated heterocycles. The summed E-state index contributed by atoms with van der Waals surface area (Å²) >= 11 is 5.71. The standard InChI is InChI=1S/C10H12ClNO3/c1-3-4-6-5-7(11)9(13)12(2)8(6)10(14)15/h5H,3-4H2,1-2H3,(H,14,15). The van der Waals surface area contributed by atoms with Crippen LogP contribution in [0.5, 0.6) is 0 Å². The number of hydrogen-bond donors (Lipinski definition) is 1. The molecule has 1 N–H and O–H groups in total. The number of carbonyl (C=O) groups is 1. The first kappa shape index (κ1) is 11.8. The van der Waals surface area contributed by atoms with Crippen LogP contribution in [-0.4, -0.2) is 15.6 Å². The zero-order valence-corrected chi connectivity index (χ0v) is 9.34. The summed E-state index contributed by atoms with van der Waals surface area (Å²) < 4.78 is 1.08.